The highest BCUT2D eigenvalue weighted by molar-refractivity contribution is 6.32. The van der Waals surface area contributed by atoms with Crippen molar-refractivity contribution in [1.82, 2.24) is 5.48 Å². The molecule has 17 heavy (non-hydrogen) atoms. The van der Waals surface area contributed by atoms with Gasteiger partial charge in [0.25, 0.3) is 0 Å². The molecule has 0 unspecified atom stereocenters. The maximum Gasteiger partial charge on any atom is 0.169 e. The van der Waals surface area contributed by atoms with E-state index in [9.17, 15) is 0 Å². The van der Waals surface area contributed by atoms with Crippen LogP contribution < -0.4 is 19.7 Å². The smallest absolute Gasteiger partial charge is 0.169 e. The molecule has 1 aromatic carbocycles. The van der Waals surface area contributed by atoms with E-state index in [0.29, 0.717) is 42.0 Å². The molecule has 1 aromatic rings. The summed E-state index contributed by atoms with van der Waals surface area (Å²) in [7, 11) is 3.11. The largest absolute Gasteiger partial charge is 0.495 e. The summed E-state index contributed by atoms with van der Waals surface area (Å²) >= 11 is 6.12. The van der Waals surface area contributed by atoms with Gasteiger partial charge in [-0.05, 0) is 0 Å². The Morgan fingerprint density at radius 2 is 2.12 bits per heavy atom. The number of nitrogens with one attached hydrogen (secondary N) is 1. The van der Waals surface area contributed by atoms with Gasteiger partial charge in [0.15, 0.2) is 11.5 Å². The summed E-state index contributed by atoms with van der Waals surface area (Å²) in [5.41, 5.74) is 3.53. The highest BCUT2D eigenvalue weighted by Gasteiger charge is 2.22. The van der Waals surface area contributed by atoms with E-state index >= 15 is 0 Å². The molecular weight excluding hydrogens is 246 g/mol. The standard InChI is InChI=1S/C11H14ClNO4/c1-14-10-7(6-13-15-2)11-9(5-8(10)12)16-3-4-17-11/h5,13H,3-4,6H2,1-2H3. The van der Waals surface area contributed by atoms with Crippen LogP contribution >= 0.6 is 11.6 Å². The number of benzene rings is 1. The predicted molar refractivity (Wildman–Crippen MR) is 62.8 cm³/mol. The number of halogens is 1. The van der Waals surface area contributed by atoms with Crippen molar-refractivity contribution in [3.05, 3.63) is 16.7 Å². The summed E-state index contributed by atoms with van der Waals surface area (Å²) in [5.74, 6) is 1.86. The minimum absolute atomic E-state index is 0.423. The number of ether oxygens (including phenoxy) is 3. The zero-order valence-electron chi connectivity index (χ0n) is 9.71. The average Bonchev–Trinajstić information content (AvgIpc) is 2.35. The molecule has 1 aliphatic rings. The van der Waals surface area contributed by atoms with E-state index in [1.165, 1.54) is 0 Å². The van der Waals surface area contributed by atoms with Crippen LogP contribution in [-0.2, 0) is 11.4 Å². The molecule has 0 saturated carbocycles. The molecule has 0 bridgehead atoms. The van der Waals surface area contributed by atoms with E-state index < -0.39 is 0 Å². The first-order chi connectivity index (χ1) is 8.27. The second-order valence-electron chi connectivity index (χ2n) is 3.42. The van der Waals surface area contributed by atoms with E-state index in [1.807, 2.05) is 0 Å². The monoisotopic (exact) mass is 259 g/mol. The molecule has 6 heteroatoms. The lowest BCUT2D eigenvalue weighted by Crippen LogP contribution is -2.19. The molecule has 0 fully saturated rings. The molecular formula is C11H14ClNO4. The zero-order valence-corrected chi connectivity index (χ0v) is 10.5. The van der Waals surface area contributed by atoms with Gasteiger partial charge in [-0.15, -0.1) is 0 Å². The Kier molecular flexibility index (Phi) is 3.93. The Morgan fingerprint density at radius 3 is 2.82 bits per heavy atom. The summed E-state index contributed by atoms with van der Waals surface area (Å²) in [6.07, 6.45) is 0. The van der Waals surface area contributed by atoms with Crippen molar-refractivity contribution in [2.75, 3.05) is 27.4 Å². The molecule has 0 aliphatic carbocycles. The lowest BCUT2D eigenvalue weighted by Gasteiger charge is -2.23. The summed E-state index contributed by atoms with van der Waals surface area (Å²) in [6, 6.07) is 1.70. The molecule has 0 aromatic heterocycles. The zero-order chi connectivity index (χ0) is 12.3. The van der Waals surface area contributed by atoms with Crippen LogP contribution in [0.5, 0.6) is 17.2 Å². The minimum atomic E-state index is 0.423. The maximum absolute atomic E-state index is 6.12. The van der Waals surface area contributed by atoms with Crippen LogP contribution in [0.2, 0.25) is 5.02 Å². The van der Waals surface area contributed by atoms with Crippen LogP contribution in [0.3, 0.4) is 0 Å². The lowest BCUT2D eigenvalue weighted by atomic mass is 10.1. The summed E-state index contributed by atoms with van der Waals surface area (Å²) in [4.78, 5) is 4.83. The highest BCUT2D eigenvalue weighted by atomic mass is 35.5. The van der Waals surface area contributed by atoms with Crippen molar-refractivity contribution in [2.24, 2.45) is 0 Å². The lowest BCUT2D eigenvalue weighted by molar-refractivity contribution is 0.0841. The Labute approximate surface area is 105 Å². The van der Waals surface area contributed by atoms with Gasteiger partial charge in [0.05, 0.1) is 31.4 Å². The fraction of sp³-hybridized carbons (Fsp3) is 0.455. The highest BCUT2D eigenvalue weighted by Crippen LogP contribution is 2.44. The predicted octanol–water partition coefficient (Wildman–Crippen LogP) is 1.77. The van der Waals surface area contributed by atoms with Gasteiger partial charge < -0.3 is 19.0 Å². The van der Waals surface area contributed by atoms with Gasteiger partial charge in [-0.2, -0.15) is 5.48 Å². The normalized spacial score (nSPS) is 13.6. The number of hydrogen-bond acceptors (Lipinski definition) is 5. The van der Waals surface area contributed by atoms with Gasteiger partial charge >= 0.3 is 0 Å². The number of methoxy groups -OCH3 is 1. The van der Waals surface area contributed by atoms with Gasteiger partial charge in [-0.1, -0.05) is 11.6 Å². The van der Waals surface area contributed by atoms with Crippen molar-refractivity contribution >= 4 is 11.6 Å². The molecule has 0 saturated heterocycles. The number of hydroxylamine groups is 1. The second-order valence-corrected chi connectivity index (χ2v) is 3.83. The van der Waals surface area contributed by atoms with E-state index in [2.05, 4.69) is 5.48 Å². The van der Waals surface area contributed by atoms with Crippen molar-refractivity contribution in [3.8, 4) is 17.2 Å². The van der Waals surface area contributed by atoms with Crippen LogP contribution in [-0.4, -0.2) is 27.4 Å². The van der Waals surface area contributed by atoms with E-state index in [0.717, 1.165) is 5.56 Å². The quantitative estimate of drug-likeness (QED) is 0.835. The minimum Gasteiger partial charge on any atom is -0.495 e. The molecule has 94 valence electrons. The fourth-order valence-electron chi connectivity index (χ4n) is 1.73. The van der Waals surface area contributed by atoms with Crippen molar-refractivity contribution in [2.45, 2.75) is 6.54 Å². The SMILES string of the molecule is CONCc1c(OC)c(Cl)cc2c1OCCO2. The Hall–Kier alpha value is -1.17. The molecule has 2 rings (SSSR count). The third-order valence-electron chi connectivity index (χ3n) is 2.43. The van der Waals surface area contributed by atoms with E-state index in [1.54, 1.807) is 20.3 Å². The Bertz CT molecular complexity index is 411. The first kappa shape index (κ1) is 12.3. The number of rotatable bonds is 4. The van der Waals surface area contributed by atoms with E-state index in [-0.39, 0.29) is 0 Å². The van der Waals surface area contributed by atoms with Crippen molar-refractivity contribution in [3.63, 3.8) is 0 Å². The molecule has 0 spiro atoms. The molecule has 1 aliphatic heterocycles. The third-order valence-corrected chi connectivity index (χ3v) is 2.71. The van der Waals surface area contributed by atoms with Crippen molar-refractivity contribution in [1.29, 1.82) is 0 Å². The van der Waals surface area contributed by atoms with Crippen LogP contribution in [0.15, 0.2) is 6.07 Å². The van der Waals surface area contributed by atoms with Gasteiger partial charge in [-0.25, -0.2) is 0 Å². The molecule has 1 N–H and O–H groups in total. The number of hydrogen-bond donors (Lipinski definition) is 1. The summed E-state index contributed by atoms with van der Waals surface area (Å²) < 4.78 is 16.4. The molecule has 0 amide bonds. The third kappa shape index (κ3) is 2.41. The first-order valence-electron chi connectivity index (χ1n) is 5.18. The van der Waals surface area contributed by atoms with Crippen LogP contribution in [0.4, 0.5) is 0 Å². The molecule has 1 heterocycles. The van der Waals surface area contributed by atoms with Gasteiger partial charge in [0, 0.05) is 6.07 Å². The molecule has 5 nitrogen and oxygen atoms in total. The number of fused-ring (bicyclic) bond motifs is 1. The molecule has 0 atom stereocenters. The summed E-state index contributed by atoms with van der Waals surface area (Å²) in [6.45, 7) is 1.45. The average molecular weight is 260 g/mol. The Balaban J connectivity index is 2.45. The van der Waals surface area contributed by atoms with Gasteiger partial charge in [0.2, 0.25) is 0 Å². The summed E-state index contributed by atoms with van der Waals surface area (Å²) in [5, 5.41) is 0.490. The van der Waals surface area contributed by atoms with Crippen molar-refractivity contribution < 1.29 is 19.0 Å². The topological polar surface area (TPSA) is 49.0 Å². The van der Waals surface area contributed by atoms with E-state index in [4.69, 9.17) is 30.6 Å². The van der Waals surface area contributed by atoms with Gasteiger partial charge in [0.1, 0.15) is 19.0 Å². The second kappa shape index (κ2) is 5.44. The van der Waals surface area contributed by atoms with Crippen LogP contribution in [0, 0.1) is 0 Å². The first-order valence-corrected chi connectivity index (χ1v) is 5.56. The van der Waals surface area contributed by atoms with Crippen LogP contribution in [0.25, 0.3) is 0 Å². The maximum atomic E-state index is 6.12. The molecule has 0 radical (unpaired) electrons. The van der Waals surface area contributed by atoms with Gasteiger partial charge in [-0.3, -0.25) is 0 Å². The Morgan fingerprint density at radius 1 is 1.35 bits per heavy atom. The van der Waals surface area contributed by atoms with Crippen LogP contribution in [0.1, 0.15) is 5.56 Å². The fourth-order valence-corrected chi connectivity index (χ4v) is 2.02.